The third kappa shape index (κ3) is 4.75. The average molecular weight is 282 g/mol. The number of aliphatic hydroxyl groups excluding tert-OH is 1. The van der Waals surface area contributed by atoms with Gasteiger partial charge in [0.05, 0.1) is 12.7 Å². The van der Waals surface area contributed by atoms with Gasteiger partial charge in [-0.2, -0.15) is 5.26 Å². The molecule has 0 spiro atoms. The summed E-state index contributed by atoms with van der Waals surface area (Å²) in [5.74, 6) is 0.353. The first-order chi connectivity index (χ1) is 9.70. The zero-order valence-electron chi connectivity index (χ0n) is 11.6. The highest BCUT2D eigenvalue weighted by Gasteiger charge is 2.29. The van der Waals surface area contributed by atoms with E-state index in [0.717, 1.165) is 25.7 Å². The van der Waals surface area contributed by atoms with Crippen LogP contribution >= 0.6 is 0 Å². The SMILES string of the molecule is N#CC(OCC1CCOCC1)C(O)C(=O)NCC1CC1. The number of amides is 1. The number of ether oxygens (including phenoxy) is 2. The van der Waals surface area contributed by atoms with E-state index in [0.29, 0.717) is 38.2 Å². The van der Waals surface area contributed by atoms with Gasteiger partial charge in [0.2, 0.25) is 0 Å². The molecule has 0 aromatic carbocycles. The molecule has 2 fully saturated rings. The van der Waals surface area contributed by atoms with Gasteiger partial charge in [-0.1, -0.05) is 0 Å². The fraction of sp³-hybridized carbons (Fsp3) is 0.857. The molecular weight excluding hydrogens is 260 g/mol. The van der Waals surface area contributed by atoms with E-state index in [1.54, 1.807) is 0 Å². The van der Waals surface area contributed by atoms with Gasteiger partial charge in [0, 0.05) is 19.8 Å². The first-order valence-corrected chi connectivity index (χ1v) is 7.25. The minimum atomic E-state index is -1.42. The number of aliphatic hydroxyl groups is 1. The lowest BCUT2D eigenvalue weighted by Crippen LogP contribution is -2.44. The van der Waals surface area contributed by atoms with Crippen molar-refractivity contribution < 1.29 is 19.4 Å². The lowest BCUT2D eigenvalue weighted by molar-refractivity contribution is -0.136. The number of hydrogen-bond acceptors (Lipinski definition) is 5. The fourth-order valence-corrected chi connectivity index (χ4v) is 2.16. The second-order valence-electron chi connectivity index (χ2n) is 5.57. The summed E-state index contributed by atoms with van der Waals surface area (Å²) in [6, 6.07) is 1.86. The van der Waals surface area contributed by atoms with Crippen molar-refractivity contribution in [2.45, 2.75) is 37.9 Å². The van der Waals surface area contributed by atoms with E-state index in [-0.39, 0.29) is 0 Å². The summed E-state index contributed by atoms with van der Waals surface area (Å²) in [7, 11) is 0. The third-order valence-corrected chi connectivity index (χ3v) is 3.80. The van der Waals surface area contributed by atoms with Crippen LogP contribution in [0, 0.1) is 23.2 Å². The molecule has 2 aliphatic rings. The minimum absolute atomic E-state index is 0.335. The second-order valence-corrected chi connectivity index (χ2v) is 5.57. The Morgan fingerprint density at radius 3 is 2.65 bits per heavy atom. The molecule has 2 atom stereocenters. The Morgan fingerprint density at radius 1 is 1.35 bits per heavy atom. The second kappa shape index (κ2) is 7.58. The molecule has 112 valence electrons. The van der Waals surface area contributed by atoms with Gasteiger partial charge in [-0.05, 0) is 37.5 Å². The predicted octanol–water partition coefficient (Wildman–Crippen LogP) is 0.209. The summed E-state index contributed by atoms with van der Waals surface area (Å²) in [6.07, 6.45) is 1.51. The number of nitrogens with zero attached hydrogens (tertiary/aromatic N) is 1. The van der Waals surface area contributed by atoms with Crippen molar-refractivity contribution in [2.24, 2.45) is 11.8 Å². The van der Waals surface area contributed by atoms with Gasteiger partial charge in [0.15, 0.2) is 12.2 Å². The molecule has 1 aliphatic heterocycles. The van der Waals surface area contributed by atoms with Crippen molar-refractivity contribution in [1.82, 2.24) is 5.32 Å². The van der Waals surface area contributed by atoms with Gasteiger partial charge < -0.3 is 19.9 Å². The lowest BCUT2D eigenvalue weighted by atomic mass is 10.0. The molecule has 1 saturated carbocycles. The normalized spacial score (nSPS) is 22.8. The number of nitriles is 1. The van der Waals surface area contributed by atoms with Crippen LogP contribution in [0.2, 0.25) is 0 Å². The highest BCUT2D eigenvalue weighted by Crippen LogP contribution is 2.27. The summed E-state index contributed by atoms with van der Waals surface area (Å²) in [5, 5.41) is 21.5. The van der Waals surface area contributed by atoms with Crippen LogP contribution in [0.15, 0.2) is 0 Å². The van der Waals surface area contributed by atoms with Crippen molar-refractivity contribution in [2.75, 3.05) is 26.4 Å². The molecule has 2 rings (SSSR count). The molecule has 0 radical (unpaired) electrons. The molecule has 1 heterocycles. The summed E-state index contributed by atoms with van der Waals surface area (Å²) >= 11 is 0. The van der Waals surface area contributed by atoms with Gasteiger partial charge in [-0.3, -0.25) is 4.79 Å². The van der Waals surface area contributed by atoms with Crippen LogP contribution in [-0.4, -0.2) is 49.6 Å². The molecule has 0 aromatic heterocycles. The standard InChI is InChI=1S/C14H22N2O4/c15-7-12(20-9-11-3-5-19-6-4-11)13(17)14(18)16-8-10-1-2-10/h10-13,17H,1-6,8-9H2,(H,16,18). The van der Waals surface area contributed by atoms with Crippen LogP contribution in [0.3, 0.4) is 0 Å². The first-order valence-electron chi connectivity index (χ1n) is 7.25. The monoisotopic (exact) mass is 282 g/mol. The van der Waals surface area contributed by atoms with E-state index in [2.05, 4.69) is 5.32 Å². The van der Waals surface area contributed by atoms with Crippen LogP contribution in [0.25, 0.3) is 0 Å². The van der Waals surface area contributed by atoms with Gasteiger partial charge in [-0.25, -0.2) is 0 Å². The van der Waals surface area contributed by atoms with Crippen molar-refractivity contribution in [3.8, 4) is 6.07 Å². The molecule has 2 N–H and O–H groups in total. The van der Waals surface area contributed by atoms with Gasteiger partial charge in [0.1, 0.15) is 0 Å². The van der Waals surface area contributed by atoms with Crippen molar-refractivity contribution in [3.63, 3.8) is 0 Å². The first kappa shape index (κ1) is 15.2. The Balaban J connectivity index is 1.71. The van der Waals surface area contributed by atoms with Crippen molar-refractivity contribution in [1.29, 1.82) is 5.26 Å². The molecule has 6 heteroatoms. The molecule has 0 aromatic rings. The largest absolute Gasteiger partial charge is 0.381 e. The van der Waals surface area contributed by atoms with Crippen molar-refractivity contribution >= 4 is 5.91 Å². The van der Waals surface area contributed by atoms with Crippen LogP contribution in [-0.2, 0) is 14.3 Å². The molecule has 1 saturated heterocycles. The Bertz CT molecular complexity index is 359. The van der Waals surface area contributed by atoms with E-state index in [1.807, 2.05) is 6.07 Å². The Labute approximate surface area is 119 Å². The van der Waals surface area contributed by atoms with Crippen LogP contribution < -0.4 is 5.32 Å². The number of hydrogen-bond donors (Lipinski definition) is 2. The van der Waals surface area contributed by atoms with E-state index >= 15 is 0 Å². The number of carbonyl (C=O) groups is 1. The quantitative estimate of drug-likeness (QED) is 0.696. The van der Waals surface area contributed by atoms with E-state index in [4.69, 9.17) is 14.7 Å². The summed E-state index contributed by atoms with van der Waals surface area (Å²) in [5.41, 5.74) is 0. The number of rotatable bonds is 7. The number of nitrogens with one attached hydrogen (secondary N) is 1. The summed E-state index contributed by atoms with van der Waals surface area (Å²) < 4.78 is 10.7. The van der Waals surface area contributed by atoms with Crippen molar-refractivity contribution in [3.05, 3.63) is 0 Å². The van der Waals surface area contributed by atoms with Crippen LogP contribution in [0.1, 0.15) is 25.7 Å². The maximum Gasteiger partial charge on any atom is 0.252 e. The van der Waals surface area contributed by atoms with E-state index < -0.39 is 18.1 Å². The summed E-state index contributed by atoms with van der Waals surface area (Å²) in [6.45, 7) is 2.37. The van der Waals surface area contributed by atoms with Gasteiger partial charge in [-0.15, -0.1) is 0 Å². The smallest absolute Gasteiger partial charge is 0.252 e. The fourth-order valence-electron chi connectivity index (χ4n) is 2.16. The van der Waals surface area contributed by atoms with Crippen LogP contribution in [0.5, 0.6) is 0 Å². The van der Waals surface area contributed by atoms with Crippen LogP contribution in [0.4, 0.5) is 0 Å². The molecular formula is C14H22N2O4. The highest BCUT2D eigenvalue weighted by molar-refractivity contribution is 5.81. The van der Waals surface area contributed by atoms with Gasteiger partial charge in [0.25, 0.3) is 5.91 Å². The van der Waals surface area contributed by atoms with Gasteiger partial charge >= 0.3 is 0 Å². The topological polar surface area (TPSA) is 91.6 Å². The lowest BCUT2D eigenvalue weighted by Gasteiger charge is -2.24. The molecule has 1 aliphatic carbocycles. The molecule has 1 amide bonds. The average Bonchev–Trinajstić information content (AvgIpc) is 3.30. The number of carbonyl (C=O) groups excluding carboxylic acids is 1. The third-order valence-electron chi connectivity index (χ3n) is 3.80. The zero-order valence-corrected chi connectivity index (χ0v) is 11.6. The molecule has 0 bridgehead atoms. The Kier molecular flexibility index (Phi) is 5.77. The Morgan fingerprint density at radius 2 is 2.05 bits per heavy atom. The highest BCUT2D eigenvalue weighted by atomic mass is 16.5. The molecule has 20 heavy (non-hydrogen) atoms. The molecule has 2 unspecified atom stereocenters. The van der Waals surface area contributed by atoms with E-state index in [9.17, 15) is 9.90 Å². The Hall–Kier alpha value is -1.16. The van der Waals surface area contributed by atoms with E-state index in [1.165, 1.54) is 0 Å². The molecule has 6 nitrogen and oxygen atoms in total. The zero-order chi connectivity index (χ0) is 14.4. The maximum atomic E-state index is 11.7. The summed E-state index contributed by atoms with van der Waals surface area (Å²) in [4.78, 5) is 11.7. The maximum absolute atomic E-state index is 11.7. The minimum Gasteiger partial charge on any atom is -0.381 e. The predicted molar refractivity (Wildman–Crippen MR) is 70.6 cm³/mol.